The van der Waals surface area contributed by atoms with Crippen molar-refractivity contribution in [1.29, 1.82) is 21.6 Å². The van der Waals surface area contributed by atoms with E-state index >= 15 is 0 Å². The normalized spacial score (nSPS) is 14.6. The fraction of sp³-hybridized carbons (Fsp3) is 0.357. The second-order valence-electron chi connectivity index (χ2n) is 10.1. The van der Waals surface area contributed by atoms with Gasteiger partial charge in [-0.2, -0.15) is 0 Å². The van der Waals surface area contributed by atoms with Crippen LogP contribution in [0.2, 0.25) is 10.0 Å². The number of nitrogens with one attached hydrogen (secondary N) is 8. The van der Waals surface area contributed by atoms with Crippen LogP contribution in [0.5, 0.6) is 0 Å². The van der Waals surface area contributed by atoms with Crippen LogP contribution in [0.25, 0.3) is 0 Å². The lowest BCUT2D eigenvalue weighted by Gasteiger charge is -2.23. The Morgan fingerprint density at radius 2 is 0.815 bits per heavy atom. The Labute approximate surface area is 315 Å². The molecule has 54 heavy (non-hydrogen) atoms. The lowest BCUT2D eigenvalue weighted by molar-refractivity contribution is -0.164. The first kappa shape index (κ1) is 51.1. The molecule has 0 unspecified atom stereocenters. The van der Waals surface area contributed by atoms with Crippen LogP contribution in [0.4, 0.5) is 11.4 Å². The highest BCUT2D eigenvalue weighted by atomic mass is 35.5. The summed E-state index contributed by atoms with van der Waals surface area (Å²) in [5.41, 5.74) is 11.5. The first-order valence-electron chi connectivity index (χ1n) is 14.5. The van der Waals surface area contributed by atoms with E-state index in [1.54, 1.807) is 48.5 Å². The number of carboxylic acid groups (broad SMARTS) is 2. The van der Waals surface area contributed by atoms with Crippen LogP contribution in [0.3, 0.4) is 0 Å². The van der Waals surface area contributed by atoms with Gasteiger partial charge in [0.1, 0.15) is 36.6 Å². The molecule has 0 heterocycles. The van der Waals surface area contributed by atoms with E-state index in [9.17, 15) is 9.59 Å². The molecule has 0 spiro atoms. The second kappa shape index (κ2) is 26.7. The molecule has 0 amide bonds. The van der Waals surface area contributed by atoms with E-state index in [1.165, 1.54) is 0 Å². The number of halogens is 2. The van der Waals surface area contributed by atoms with E-state index in [4.69, 9.17) is 118 Å². The zero-order valence-electron chi connectivity index (χ0n) is 27.7. The monoisotopic (exact) mass is 814 g/mol. The van der Waals surface area contributed by atoms with Crippen LogP contribution in [-0.4, -0.2) is 159 Å². The molecule has 0 aromatic heterocycles. The fourth-order valence-electron chi connectivity index (χ4n) is 3.02. The zero-order valence-corrected chi connectivity index (χ0v) is 29.3. The summed E-state index contributed by atoms with van der Waals surface area (Å²) in [6.07, 6.45) is -15.7. The molecule has 0 saturated heterocycles. The van der Waals surface area contributed by atoms with Crippen molar-refractivity contribution in [1.82, 2.24) is 10.6 Å². The molecular weight excluding hydrogens is 771 g/mol. The van der Waals surface area contributed by atoms with Gasteiger partial charge in [-0.1, -0.05) is 23.2 Å². The molecule has 0 bridgehead atoms. The van der Waals surface area contributed by atoms with Gasteiger partial charge in [-0.15, -0.1) is 0 Å². The van der Waals surface area contributed by atoms with Crippen molar-refractivity contribution >= 4 is 70.4 Å². The van der Waals surface area contributed by atoms with E-state index in [0.717, 1.165) is 0 Å². The molecule has 0 aliphatic heterocycles. The highest BCUT2D eigenvalue weighted by Crippen LogP contribution is 2.14. The summed E-state index contributed by atoms with van der Waals surface area (Å²) in [6.45, 7) is -1.69. The number of anilines is 2. The maximum absolute atomic E-state index is 10.1. The number of nitrogens with two attached hydrogens (primary N) is 2. The summed E-state index contributed by atoms with van der Waals surface area (Å²) in [5, 5.41) is 143. The number of aliphatic hydroxyl groups excluding tert-OH is 10. The van der Waals surface area contributed by atoms with Gasteiger partial charge in [0.2, 0.25) is 0 Å². The van der Waals surface area contributed by atoms with Crippen molar-refractivity contribution in [3.63, 3.8) is 0 Å². The first-order valence-corrected chi connectivity index (χ1v) is 15.3. The molecule has 0 aliphatic carbocycles. The lowest BCUT2D eigenvalue weighted by atomic mass is 10.0. The van der Waals surface area contributed by atoms with Crippen molar-refractivity contribution in [2.24, 2.45) is 11.5 Å². The zero-order chi connectivity index (χ0) is 42.3. The summed E-state index contributed by atoms with van der Waals surface area (Å²) in [4.78, 5) is 20.2. The van der Waals surface area contributed by atoms with Crippen LogP contribution in [-0.2, 0) is 9.59 Å². The minimum Gasteiger partial charge on any atom is -0.479 e. The van der Waals surface area contributed by atoms with E-state index in [-0.39, 0.29) is 23.8 Å². The number of guanidine groups is 4. The van der Waals surface area contributed by atoms with Gasteiger partial charge in [0, 0.05) is 21.4 Å². The van der Waals surface area contributed by atoms with Crippen molar-refractivity contribution in [3.8, 4) is 0 Å². The Bertz CT molecular complexity index is 1370. The average molecular weight is 816 g/mol. The van der Waals surface area contributed by atoms with Crippen LogP contribution in [0.15, 0.2) is 48.5 Å². The number of carbonyl (C=O) groups is 2. The number of rotatable bonds is 12. The van der Waals surface area contributed by atoms with Crippen molar-refractivity contribution in [3.05, 3.63) is 58.6 Å². The van der Waals surface area contributed by atoms with E-state index in [2.05, 4.69) is 21.3 Å². The van der Waals surface area contributed by atoms with Crippen molar-refractivity contribution in [2.75, 3.05) is 23.8 Å². The maximum Gasteiger partial charge on any atom is 0.335 e. The topological polar surface area (TPSA) is 472 Å². The van der Waals surface area contributed by atoms with Gasteiger partial charge in [0.25, 0.3) is 0 Å². The molecule has 24 nitrogen and oxygen atoms in total. The van der Waals surface area contributed by atoms with Gasteiger partial charge in [0.15, 0.2) is 36.0 Å². The van der Waals surface area contributed by atoms with Crippen molar-refractivity contribution in [2.45, 2.75) is 48.8 Å². The summed E-state index contributed by atoms with van der Waals surface area (Å²) in [7, 11) is 0. The Morgan fingerprint density at radius 1 is 0.556 bits per heavy atom. The Balaban J connectivity index is 0. The molecule has 2 aromatic carbocycles. The lowest BCUT2D eigenvalue weighted by Crippen LogP contribution is -2.48. The summed E-state index contributed by atoms with van der Waals surface area (Å²) >= 11 is 11.4. The van der Waals surface area contributed by atoms with Gasteiger partial charge in [-0.3, -0.25) is 32.3 Å². The SMILES string of the molecule is N=C(N)NC(=N)Nc1ccc(Cl)cc1.N=C(N)NC(=N)Nc1ccc(Cl)cc1.O=C(O)[C@H](O)[C@@H](O)[C@H](O)[C@H](O)CO.O=C(O)[C@H](O)[C@@H](O)[C@H](O)[C@H](O)CO. The molecule has 24 N–H and O–H groups in total. The summed E-state index contributed by atoms with van der Waals surface area (Å²) in [6, 6.07) is 13.7. The third kappa shape index (κ3) is 22.2. The standard InChI is InChI=1S/2C8H10ClN5.2C6H12O7/c2*9-5-1-3-6(4-2-5)13-8(12)14-7(10)11;2*7-1-2(8)3(9)4(10)5(11)6(12)13/h2*1-4H,(H6,10,11,12,13,14);2*2-5,7-11H,1H2,(H,12,13)/t;;2*2-,3-,4+,5-/m..11/s1. The van der Waals surface area contributed by atoms with Crippen LogP contribution in [0, 0.1) is 21.6 Å². The van der Waals surface area contributed by atoms with E-state index in [0.29, 0.717) is 21.4 Å². The number of aliphatic hydroxyl groups is 10. The number of benzene rings is 2. The quantitative estimate of drug-likeness (QED) is 0.0707. The van der Waals surface area contributed by atoms with Gasteiger partial charge >= 0.3 is 11.9 Å². The minimum atomic E-state index is -2.20. The third-order valence-electron chi connectivity index (χ3n) is 5.76. The van der Waals surface area contributed by atoms with E-state index < -0.39 is 74.0 Å². The molecule has 26 heteroatoms. The molecule has 0 aliphatic rings. The van der Waals surface area contributed by atoms with Gasteiger partial charge in [-0.05, 0) is 48.5 Å². The highest BCUT2D eigenvalue weighted by molar-refractivity contribution is 6.31. The second-order valence-corrected chi connectivity index (χ2v) is 11.0. The molecule has 0 fully saturated rings. The molecule has 0 saturated carbocycles. The Kier molecular flexibility index (Phi) is 25.3. The average Bonchev–Trinajstić information content (AvgIpc) is 3.10. The first-order chi connectivity index (χ1) is 25.0. The molecular formula is C28H44Cl2N10O14. The molecule has 8 atom stereocenters. The van der Waals surface area contributed by atoms with Crippen LogP contribution in [0.1, 0.15) is 0 Å². The van der Waals surface area contributed by atoms with Crippen LogP contribution < -0.4 is 32.7 Å². The van der Waals surface area contributed by atoms with E-state index in [1.807, 2.05) is 0 Å². The Hall–Kier alpha value is -4.96. The molecule has 2 aromatic rings. The molecule has 2 rings (SSSR count). The van der Waals surface area contributed by atoms with Gasteiger partial charge < -0.3 is 83.4 Å². The number of carboxylic acids is 2. The number of hydrogen-bond acceptors (Lipinski definition) is 16. The summed E-state index contributed by atoms with van der Waals surface area (Å²) in [5.74, 6) is -4.12. The maximum atomic E-state index is 10.1. The minimum absolute atomic E-state index is 0.0557. The third-order valence-corrected chi connectivity index (χ3v) is 6.27. The smallest absolute Gasteiger partial charge is 0.335 e. The largest absolute Gasteiger partial charge is 0.479 e. The van der Waals surface area contributed by atoms with Gasteiger partial charge in [0.05, 0.1) is 13.2 Å². The predicted octanol–water partition coefficient (Wildman–Crippen LogP) is -4.65. The number of hydrogen-bond donors (Lipinski definition) is 22. The predicted molar refractivity (Wildman–Crippen MR) is 193 cm³/mol. The molecule has 0 radical (unpaired) electrons. The van der Waals surface area contributed by atoms with Crippen LogP contribution >= 0.6 is 23.2 Å². The summed E-state index contributed by atoms with van der Waals surface area (Å²) < 4.78 is 0. The van der Waals surface area contributed by atoms with Crippen molar-refractivity contribution < 1.29 is 70.9 Å². The number of aliphatic carboxylic acids is 2. The Morgan fingerprint density at radius 3 is 1.02 bits per heavy atom. The highest BCUT2D eigenvalue weighted by Gasteiger charge is 2.34. The van der Waals surface area contributed by atoms with Gasteiger partial charge in [-0.25, -0.2) is 9.59 Å². The molecule has 304 valence electrons. The fourth-order valence-corrected chi connectivity index (χ4v) is 3.28.